The number of carbonyl (C=O) groups excluding carboxylic acids is 1. The van der Waals surface area contributed by atoms with Gasteiger partial charge >= 0.3 is 5.97 Å². The van der Waals surface area contributed by atoms with Crippen LogP contribution in [-0.2, 0) is 9.53 Å². The summed E-state index contributed by atoms with van der Waals surface area (Å²) in [5.74, 6) is 1.03. The van der Waals surface area contributed by atoms with Gasteiger partial charge in [-0.15, -0.1) is 0 Å². The summed E-state index contributed by atoms with van der Waals surface area (Å²) in [6.45, 7) is 2.16. The summed E-state index contributed by atoms with van der Waals surface area (Å²) in [4.78, 5) is 11.7. The maximum Gasteiger partial charge on any atom is 0.325 e. The van der Waals surface area contributed by atoms with Crippen LogP contribution >= 0.6 is 0 Å². The summed E-state index contributed by atoms with van der Waals surface area (Å²) in [6, 6.07) is 7.40. The van der Waals surface area contributed by atoms with Crippen LogP contribution in [0.5, 0.6) is 11.5 Å². The Morgan fingerprint density at radius 3 is 2.42 bits per heavy atom. The van der Waals surface area contributed by atoms with E-state index in [0.717, 1.165) is 0 Å². The molecular formula is C14H21NO4. The molecule has 106 valence electrons. The molecule has 0 radical (unpaired) electrons. The number of ether oxygens (including phenoxy) is 3. The van der Waals surface area contributed by atoms with Gasteiger partial charge in [-0.05, 0) is 26.1 Å². The Labute approximate surface area is 113 Å². The highest BCUT2D eigenvalue weighted by molar-refractivity contribution is 5.80. The number of esters is 1. The third-order valence-corrected chi connectivity index (χ3v) is 3.12. The number of para-hydroxylation sites is 2. The smallest absolute Gasteiger partial charge is 0.325 e. The Balaban J connectivity index is 2.60. The SMILES string of the molecule is CNC(C)(CCOc1ccccc1OC)C(=O)OC. The number of likely N-dealkylation sites (N-methyl/N-ethyl adjacent to an activating group) is 1. The van der Waals surface area contributed by atoms with E-state index in [-0.39, 0.29) is 5.97 Å². The highest BCUT2D eigenvalue weighted by Gasteiger charge is 2.32. The fourth-order valence-electron chi connectivity index (χ4n) is 1.66. The molecule has 0 bridgehead atoms. The fraction of sp³-hybridized carbons (Fsp3) is 0.500. The number of hydrogen-bond acceptors (Lipinski definition) is 5. The van der Waals surface area contributed by atoms with Crippen LogP contribution in [0, 0.1) is 0 Å². The van der Waals surface area contributed by atoms with E-state index in [2.05, 4.69) is 5.32 Å². The van der Waals surface area contributed by atoms with Crippen LogP contribution in [0.15, 0.2) is 24.3 Å². The van der Waals surface area contributed by atoms with Crippen molar-refractivity contribution in [3.63, 3.8) is 0 Å². The van der Waals surface area contributed by atoms with Crippen molar-refractivity contribution < 1.29 is 19.0 Å². The number of nitrogens with one attached hydrogen (secondary N) is 1. The van der Waals surface area contributed by atoms with Gasteiger partial charge < -0.3 is 19.5 Å². The summed E-state index contributed by atoms with van der Waals surface area (Å²) in [5.41, 5.74) is -0.753. The number of rotatable bonds is 7. The van der Waals surface area contributed by atoms with Gasteiger partial charge in [0.25, 0.3) is 0 Å². The third kappa shape index (κ3) is 3.86. The largest absolute Gasteiger partial charge is 0.493 e. The molecule has 1 aromatic carbocycles. The van der Waals surface area contributed by atoms with Crippen LogP contribution < -0.4 is 14.8 Å². The summed E-state index contributed by atoms with van der Waals surface area (Å²) >= 11 is 0. The van der Waals surface area contributed by atoms with E-state index in [9.17, 15) is 4.79 Å². The predicted octanol–water partition coefficient (Wildman–Crippen LogP) is 1.62. The average Bonchev–Trinajstić information content (AvgIpc) is 2.46. The van der Waals surface area contributed by atoms with Gasteiger partial charge in [-0.2, -0.15) is 0 Å². The van der Waals surface area contributed by atoms with Gasteiger partial charge in [0.1, 0.15) is 5.54 Å². The first-order chi connectivity index (χ1) is 9.07. The number of hydrogen-bond donors (Lipinski definition) is 1. The highest BCUT2D eigenvalue weighted by Crippen LogP contribution is 2.26. The molecule has 0 heterocycles. The molecule has 1 unspecified atom stereocenters. The van der Waals surface area contributed by atoms with Crippen LogP contribution in [0.3, 0.4) is 0 Å². The molecule has 0 saturated carbocycles. The Hall–Kier alpha value is -1.75. The van der Waals surface area contributed by atoms with E-state index < -0.39 is 5.54 Å². The normalized spacial score (nSPS) is 13.5. The van der Waals surface area contributed by atoms with Crippen LogP contribution in [0.4, 0.5) is 0 Å². The van der Waals surface area contributed by atoms with Gasteiger partial charge in [-0.3, -0.25) is 4.79 Å². The lowest BCUT2D eigenvalue weighted by molar-refractivity contribution is -0.148. The summed E-state index contributed by atoms with van der Waals surface area (Å²) in [7, 11) is 4.69. The minimum atomic E-state index is -0.753. The van der Waals surface area contributed by atoms with Gasteiger partial charge in [0.2, 0.25) is 0 Å². The molecule has 5 nitrogen and oxygen atoms in total. The lowest BCUT2D eigenvalue weighted by Crippen LogP contribution is -2.49. The first kappa shape index (κ1) is 15.3. The molecule has 1 aromatic rings. The lowest BCUT2D eigenvalue weighted by atomic mass is 9.99. The minimum Gasteiger partial charge on any atom is -0.493 e. The molecular weight excluding hydrogens is 246 g/mol. The van der Waals surface area contributed by atoms with E-state index in [0.29, 0.717) is 24.5 Å². The second-order valence-electron chi connectivity index (χ2n) is 4.32. The predicted molar refractivity (Wildman–Crippen MR) is 72.6 cm³/mol. The highest BCUT2D eigenvalue weighted by atomic mass is 16.5. The summed E-state index contributed by atoms with van der Waals surface area (Å²) in [6.07, 6.45) is 0.494. The second-order valence-corrected chi connectivity index (χ2v) is 4.32. The van der Waals surface area contributed by atoms with Crippen molar-refractivity contribution >= 4 is 5.97 Å². The Morgan fingerprint density at radius 2 is 1.89 bits per heavy atom. The molecule has 19 heavy (non-hydrogen) atoms. The zero-order valence-electron chi connectivity index (χ0n) is 11.9. The van der Waals surface area contributed by atoms with Crippen molar-refractivity contribution in [2.75, 3.05) is 27.9 Å². The number of methoxy groups -OCH3 is 2. The van der Waals surface area contributed by atoms with Crippen molar-refractivity contribution in [3.8, 4) is 11.5 Å². The molecule has 1 N–H and O–H groups in total. The second kappa shape index (κ2) is 6.99. The molecule has 0 aliphatic rings. The maximum absolute atomic E-state index is 11.7. The van der Waals surface area contributed by atoms with Crippen molar-refractivity contribution in [3.05, 3.63) is 24.3 Å². The third-order valence-electron chi connectivity index (χ3n) is 3.12. The average molecular weight is 267 g/mol. The summed E-state index contributed by atoms with van der Waals surface area (Å²) in [5, 5.41) is 2.96. The van der Waals surface area contributed by atoms with Crippen molar-refractivity contribution in [2.45, 2.75) is 18.9 Å². The van der Waals surface area contributed by atoms with Crippen molar-refractivity contribution in [1.82, 2.24) is 5.32 Å². The van der Waals surface area contributed by atoms with Crippen LogP contribution in [0.2, 0.25) is 0 Å². The Morgan fingerprint density at radius 1 is 1.26 bits per heavy atom. The molecule has 0 aliphatic heterocycles. The monoisotopic (exact) mass is 267 g/mol. The Bertz CT molecular complexity index is 422. The van der Waals surface area contributed by atoms with Gasteiger partial charge in [0, 0.05) is 6.42 Å². The quantitative estimate of drug-likeness (QED) is 0.761. The van der Waals surface area contributed by atoms with Gasteiger partial charge in [-0.25, -0.2) is 0 Å². The molecule has 5 heteroatoms. The van der Waals surface area contributed by atoms with E-state index in [1.54, 1.807) is 21.1 Å². The van der Waals surface area contributed by atoms with Gasteiger partial charge in [0.05, 0.1) is 20.8 Å². The Kier molecular flexibility index (Phi) is 5.63. The first-order valence-corrected chi connectivity index (χ1v) is 6.10. The standard InChI is InChI=1S/C14H21NO4/c1-14(15-2,13(16)18-4)9-10-19-12-8-6-5-7-11(12)17-3/h5-8,15H,9-10H2,1-4H3. The zero-order valence-corrected chi connectivity index (χ0v) is 11.9. The van der Waals surface area contributed by atoms with Gasteiger partial charge in [-0.1, -0.05) is 12.1 Å². The van der Waals surface area contributed by atoms with E-state index >= 15 is 0 Å². The zero-order chi connectivity index (χ0) is 14.3. The van der Waals surface area contributed by atoms with Gasteiger partial charge in [0.15, 0.2) is 11.5 Å². The topological polar surface area (TPSA) is 56.8 Å². The molecule has 0 saturated heterocycles. The minimum absolute atomic E-state index is 0.307. The molecule has 1 atom stereocenters. The van der Waals surface area contributed by atoms with Crippen molar-refractivity contribution in [2.24, 2.45) is 0 Å². The molecule has 0 fully saturated rings. The molecule has 1 rings (SSSR count). The number of benzene rings is 1. The first-order valence-electron chi connectivity index (χ1n) is 6.10. The van der Waals surface area contributed by atoms with Crippen LogP contribution in [0.25, 0.3) is 0 Å². The summed E-state index contributed by atoms with van der Waals surface area (Å²) < 4.78 is 15.6. The van der Waals surface area contributed by atoms with Crippen molar-refractivity contribution in [1.29, 1.82) is 0 Å². The van der Waals surface area contributed by atoms with E-state index in [1.165, 1.54) is 7.11 Å². The molecule has 0 spiro atoms. The lowest BCUT2D eigenvalue weighted by Gasteiger charge is -2.26. The molecule has 0 aliphatic carbocycles. The van der Waals surface area contributed by atoms with E-state index in [1.807, 2.05) is 24.3 Å². The number of carbonyl (C=O) groups is 1. The molecule has 0 aromatic heterocycles. The fourth-order valence-corrected chi connectivity index (χ4v) is 1.66. The van der Waals surface area contributed by atoms with E-state index in [4.69, 9.17) is 14.2 Å². The van der Waals surface area contributed by atoms with Crippen LogP contribution in [-0.4, -0.2) is 39.4 Å². The van der Waals surface area contributed by atoms with Crippen LogP contribution in [0.1, 0.15) is 13.3 Å². The molecule has 0 amide bonds. The maximum atomic E-state index is 11.7.